The third-order valence-electron chi connectivity index (χ3n) is 10.1. The summed E-state index contributed by atoms with van der Waals surface area (Å²) < 4.78 is 13.2. The van der Waals surface area contributed by atoms with E-state index in [2.05, 4.69) is 44.0 Å². The predicted molar refractivity (Wildman–Crippen MR) is 123 cm³/mol. The normalized spacial score (nSPS) is 42.7. The molecule has 0 aromatic heterocycles. The summed E-state index contributed by atoms with van der Waals surface area (Å²) in [6.45, 7) is 7.43. The first-order valence-electron chi connectivity index (χ1n) is 12.3. The number of hydrogen-bond donors (Lipinski definition) is 2. The number of nitrogens with zero attached hydrogens (tertiary/aromatic N) is 1. The monoisotopic (exact) mass is 439 g/mol. The first kappa shape index (κ1) is 21.0. The number of rotatable bonds is 5. The Balaban J connectivity index is 1.59. The maximum atomic E-state index is 11.9. The number of piperidine rings is 1. The fraction of sp³-hybridized carbons (Fsp3) is 0.704. The zero-order valence-electron chi connectivity index (χ0n) is 20.0. The molecule has 174 valence electrons. The topological polar surface area (TPSA) is 62.2 Å². The number of fused-ring (bicyclic) bond motifs is 1. The van der Waals surface area contributed by atoms with Gasteiger partial charge in [-0.15, -0.1) is 0 Å². The van der Waals surface area contributed by atoms with Crippen LogP contribution in [0.1, 0.15) is 57.6 Å². The number of aromatic hydroxyl groups is 1. The molecule has 2 heterocycles. The Labute approximate surface area is 191 Å². The zero-order chi connectivity index (χ0) is 22.7. The van der Waals surface area contributed by atoms with E-state index in [4.69, 9.17) is 9.47 Å². The molecule has 1 aromatic rings. The Hall–Kier alpha value is -1.56. The van der Waals surface area contributed by atoms with Crippen molar-refractivity contribution in [3.63, 3.8) is 0 Å². The minimum Gasteiger partial charge on any atom is -0.504 e. The molecule has 1 saturated carbocycles. The predicted octanol–water partition coefficient (Wildman–Crippen LogP) is 3.80. The Morgan fingerprint density at radius 3 is 2.81 bits per heavy atom. The van der Waals surface area contributed by atoms with Crippen molar-refractivity contribution in [2.45, 2.75) is 81.6 Å². The number of phenolic OH excluding ortho intramolecular Hbond substituents is 1. The van der Waals surface area contributed by atoms with E-state index < -0.39 is 11.2 Å². The molecule has 7 rings (SSSR count). The lowest BCUT2D eigenvalue weighted by Crippen LogP contribution is -2.80. The van der Waals surface area contributed by atoms with Gasteiger partial charge in [0.2, 0.25) is 0 Å². The number of likely N-dealkylation sites (tertiary alicyclic amines) is 1. The maximum Gasteiger partial charge on any atom is 0.165 e. The summed E-state index contributed by atoms with van der Waals surface area (Å²) in [5, 5.41) is 22.7. The largest absolute Gasteiger partial charge is 0.504 e. The lowest BCUT2D eigenvalue weighted by molar-refractivity contribution is -0.247. The second-order valence-electron chi connectivity index (χ2n) is 11.8. The van der Waals surface area contributed by atoms with Crippen LogP contribution in [0.2, 0.25) is 0 Å². The van der Waals surface area contributed by atoms with Gasteiger partial charge in [-0.1, -0.05) is 32.1 Å². The number of ether oxygens (including phenoxy) is 2. The van der Waals surface area contributed by atoms with Crippen molar-refractivity contribution >= 4 is 0 Å². The summed E-state index contributed by atoms with van der Waals surface area (Å²) in [5.41, 5.74) is 0.580. The molecule has 6 aliphatic rings. The van der Waals surface area contributed by atoms with Crippen LogP contribution in [0.15, 0.2) is 24.3 Å². The lowest BCUT2D eigenvalue weighted by Gasteiger charge is -2.72. The molecule has 5 heteroatoms. The number of likely N-dealkylation sites (N-methyl/N-ethyl adjacent to an activating group) is 1. The van der Waals surface area contributed by atoms with E-state index >= 15 is 0 Å². The van der Waals surface area contributed by atoms with Gasteiger partial charge in [-0.2, -0.15) is 0 Å². The molecule has 0 amide bonds. The van der Waals surface area contributed by atoms with Gasteiger partial charge in [0.1, 0.15) is 11.7 Å². The summed E-state index contributed by atoms with van der Waals surface area (Å²) >= 11 is 0. The minimum atomic E-state index is -0.868. The standard InChI is InChI=1S/C27H37NO4/c1-16(2)8-9-24(3,30)19-15-25-10-11-27(19,31-5)23-26(25)12-13-28(4)20(25)14-17-6-7-18(29)22(32-23)21(17)26/h6-7,10-11,16,19-20,23,29-30H,8-9,12-15H2,1-5H3/t19-,20-,23-,24?,25?,26+,27+/m1/s1. The van der Waals surface area contributed by atoms with Crippen molar-refractivity contribution in [2.75, 3.05) is 20.7 Å². The number of methoxy groups -OCH3 is 1. The highest BCUT2D eigenvalue weighted by atomic mass is 16.6. The molecular formula is C27H37NO4. The number of benzene rings is 1. The summed E-state index contributed by atoms with van der Waals surface area (Å²) in [6, 6.07) is 4.24. The summed E-state index contributed by atoms with van der Waals surface area (Å²) in [7, 11) is 4.02. The highest BCUT2D eigenvalue weighted by Crippen LogP contribution is 2.75. The van der Waals surface area contributed by atoms with E-state index in [1.54, 1.807) is 13.2 Å². The maximum absolute atomic E-state index is 11.9. The summed E-state index contributed by atoms with van der Waals surface area (Å²) in [5.74, 6) is 1.35. The van der Waals surface area contributed by atoms with E-state index in [1.807, 2.05) is 6.92 Å². The molecule has 32 heavy (non-hydrogen) atoms. The fourth-order valence-electron chi connectivity index (χ4n) is 8.52. The molecule has 2 spiro atoms. The van der Waals surface area contributed by atoms with Crippen LogP contribution in [-0.2, 0) is 16.6 Å². The molecular weight excluding hydrogens is 402 g/mol. The molecule has 5 nitrogen and oxygen atoms in total. The fourth-order valence-corrected chi connectivity index (χ4v) is 8.52. The third-order valence-corrected chi connectivity index (χ3v) is 10.1. The van der Waals surface area contributed by atoms with Crippen LogP contribution < -0.4 is 4.74 Å². The van der Waals surface area contributed by atoms with Crippen LogP contribution in [0.4, 0.5) is 0 Å². The van der Waals surface area contributed by atoms with Gasteiger partial charge in [-0.25, -0.2) is 0 Å². The highest BCUT2D eigenvalue weighted by Gasteiger charge is 2.80. The number of phenols is 1. The first-order chi connectivity index (χ1) is 15.1. The Kier molecular flexibility index (Phi) is 4.14. The summed E-state index contributed by atoms with van der Waals surface area (Å²) in [6.07, 6.45) is 8.94. The number of aliphatic hydroxyl groups is 1. The molecule has 0 radical (unpaired) electrons. The molecule has 4 aliphatic carbocycles. The zero-order valence-corrected chi connectivity index (χ0v) is 20.0. The Morgan fingerprint density at radius 2 is 2.09 bits per heavy atom. The van der Waals surface area contributed by atoms with Gasteiger partial charge >= 0.3 is 0 Å². The van der Waals surface area contributed by atoms with Crippen LogP contribution in [0.5, 0.6) is 11.5 Å². The smallest absolute Gasteiger partial charge is 0.165 e. The van der Waals surface area contributed by atoms with Crippen LogP contribution in [-0.4, -0.2) is 59.2 Å². The van der Waals surface area contributed by atoms with Gasteiger partial charge in [-0.05, 0) is 70.2 Å². The van der Waals surface area contributed by atoms with Crippen LogP contribution in [0.25, 0.3) is 0 Å². The van der Waals surface area contributed by atoms with E-state index in [1.165, 1.54) is 11.1 Å². The van der Waals surface area contributed by atoms with E-state index in [-0.39, 0.29) is 28.6 Å². The van der Waals surface area contributed by atoms with Crippen molar-refractivity contribution in [1.29, 1.82) is 0 Å². The van der Waals surface area contributed by atoms with Crippen LogP contribution in [0, 0.1) is 17.3 Å². The second-order valence-corrected chi connectivity index (χ2v) is 11.8. The SMILES string of the molecule is CO[C@@]12C=CC3(C[C@@H]1C(C)(O)CCC(C)C)[C@H]1Cc4ccc(O)c5c4[C@@]3(CCN1C)[C@H]2O5. The average Bonchev–Trinajstić information content (AvgIpc) is 3.14. The molecule has 2 N–H and O–H groups in total. The third kappa shape index (κ3) is 2.17. The van der Waals surface area contributed by atoms with Crippen molar-refractivity contribution in [1.82, 2.24) is 4.90 Å². The summed E-state index contributed by atoms with van der Waals surface area (Å²) in [4.78, 5) is 2.52. The molecule has 1 saturated heterocycles. The van der Waals surface area contributed by atoms with Gasteiger partial charge in [0.25, 0.3) is 0 Å². The second kappa shape index (κ2) is 6.31. The highest BCUT2D eigenvalue weighted by molar-refractivity contribution is 5.65. The average molecular weight is 440 g/mol. The minimum absolute atomic E-state index is 0.0751. The Morgan fingerprint density at radius 1 is 1.31 bits per heavy atom. The van der Waals surface area contributed by atoms with Gasteiger partial charge in [0.05, 0.1) is 11.0 Å². The van der Waals surface area contributed by atoms with Crippen LogP contribution in [0.3, 0.4) is 0 Å². The lowest BCUT2D eigenvalue weighted by atomic mass is 9.36. The molecule has 4 bridgehead atoms. The van der Waals surface area contributed by atoms with Crippen molar-refractivity contribution < 1.29 is 19.7 Å². The van der Waals surface area contributed by atoms with E-state index in [0.29, 0.717) is 17.7 Å². The first-order valence-corrected chi connectivity index (χ1v) is 12.3. The molecule has 2 aliphatic heterocycles. The van der Waals surface area contributed by atoms with Crippen molar-refractivity contribution in [3.05, 3.63) is 35.4 Å². The van der Waals surface area contributed by atoms with Gasteiger partial charge < -0.3 is 24.6 Å². The van der Waals surface area contributed by atoms with Crippen molar-refractivity contribution in [3.8, 4) is 11.5 Å². The molecule has 1 aromatic carbocycles. The quantitative estimate of drug-likeness (QED) is 0.684. The van der Waals surface area contributed by atoms with Gasteiger partial charge in [-0.3, -0.25) is 0 Å². The molecule has 2 fully saturated rings. The molecule has 7 atom stereocenters. The molecule has 2 unspecified atom stereocenters. The van der Waals surface area contributed by atoms with Gasteiger partial charge in [0, 0.05) is 30.0 Å². The van der Waals surface area contributed by atoms with Gasteiger partial charge in [0.15, 0.2) is 11.5 Å². The van der Waals surface area contributed by atoms with Crippen LogP contribution >= 0.6 is 0 Å². The van der Waals surface area contributed by atoms with E-state index in [9.17, 15) is 10.2 Å². The van der Waals surface area contributed by atoms with E-state index in [0.717, 1.165) is 38.6 Å². The van der Waals surface area contributed by atoms with Crippen molar-refractivity contribution in [2.24, 2.45) is 17.3 Å². The Bertz CT molecular complexity index is 1000. The number of hydrogen-bond acceptors (Lipinski definition) is 5.